The number of para-hydroxylation sites is 1. The first-order valence-electron chi connectivity index (χ1n) is 9.83. The molecule has 3 heterocycles. The standard InChI is InChI=1S/C21H22BrCl2N5O/c1-2-28-18(19(22)21(30)29(28)15-6-4-3-5-7-15)14-26-8-10-27(11-9-26)20-16(23)12-25-13-17(20)24/h3-7,12-13H,2,8-11,14H2,1H3. The molecule has 1 aromatic carbocycles. The molecule has 0 unspecified atom stereocenters. The quantitative estimate of drug-likeness (QED) is 0.509. The van der Waals surface area contributed by atoms with Gasteiger partial charge in [-0.3, -0.25) is 19.4 Å². The van der Waals surface area contributed by atoms with Crippen molar-refractivity contribution >= 4 is 44.8 Å². The Bertz CT molecular complexity index is 1070. The highest BCUT2D eigenvalue weighted by Crippen LogP contribution is 2.33. The van der Waals surface area contributed by atoms with Crippen molar-refractivity contribution in [2.75, 3.05) is 31.1 Å². The molecule has 0 spiro atoms. The number of aromatic nitrogens is 3. The molecule has 4 rings (SSSR count). The molecule has 0 aliphatic carbocycles. The SMILES string of the molecule is CCn1c(CN2CCN(c3c(Cl)cncc3Cl)CC2)c(Br)c(=O)n1-c1ccccc1. The first-order valence-corrected chi connectivity index (χ1v) is 11.4. The Labute approximate surface area is 193 Å². The van der Waals surface area contributed by atoms with Crippen LogP contribution in [-0.2, 0) is 13.1 Å². The summed E-state index contributed by atoms with van der Waals surface area (Å²) < 4.78 is 4.41. The summed E-state index contributed by atoms with van der Waals surface area (Å²) in [6, 6.07) is 9.73. The molecule has 1 aliphatic heterocycles. The number of piperazine rings is 1. The van der Waals surface area contributed by atoms with Gasteiger partial charge >= 0.3 is 0 Å². The zero-order valence-electron chi connectivity index (χ0n) is 16.6. The van der Waals surface area contributed by atoms with Gasteiger partial charge < -0.3 is 4.90 Å². The first kappa shape index (κ1) is 21.4. The van der Waals surface area contributed by atoms with Crippen molar-refractivity contribution in [2.24, 2.45) is 0 Å². The number of halogens is 3. The van der Waals surface area contributed by atoms with Gasteiger partial charge in [-0.1, -0.05) is 41.4 Å². The summed E-state index contributed by atoms with van der Waals surface area (Å²) in [5.41, 5.74) is 2.66. The van der Waals surface area contributed by atoms with E-state index in [2.05, 4.69) is 37.6 Å². The minimum Gasteiger partial charge on any atom is -0.366 e. The third-order valence-corrected chi connectivity index (χ3v) is 6.73. The van der Waals surface area contributed by atoms with Crippen molar-refractivity contribution in [2.45, 2.75) is 20.0 Å². The fourth-order valence-corrected chi connectivity index (χ4v) is 5.02. The van der Waals surface area contributed by atoms with Crippen molar-refractivity contribution in [1.29, 1.82) is 0 Å². The van der Waals surface area contributed by atoms with Crippen LogP contribution in [-0.4, -0.2) is 45.4 Å². The van der Waals surface area contributed by atoms with Gasteiger partial charge in [0.1, 0.15) is 4.47 Å². The number of anilines is 1. The summed E-state index contributed by atoms with van der Waals surface area (Å²) in [5.74, 6) is 0. The number of pyridine rings is 1. The van der Waals surface area contributed by atoms with Gasteiger partial charge in [-0.05, 0) is 35.0 Å². The van der Waals surface area contributed by atoms with Crippen LogP contribution in [0.3, 0.4) is 0 Å². The number of hydrogen-bond acceptors (Lipinski definition) is 4. The van der Waals surface area contributed by atoms with Crippen molar-refractivity contribution in [3.63, 3.8) is 0 Å². The van der Waals surface area contributed by atoms with Crippen LogP contribution in [0, 0.1) is 0 Å². The van der Waals surface area contributed by atoms with E-state index in [1.165, 1.54) is 0 Å². The first-order chi connectivity index (χ1) is 14.5. The van der Waals surface area contributed by atoms with E-state index in [4.69, 9.17) is 23.2 Å². The van der Waals surface area contributed by atoms with Crippen LogP contribution in [0.15, 0.2) is 52.0 Å². The number of nitrogens with zero attached hydrogens (tertiary/aromatic N) is 5. The zero-order valence-corrected chi connectivity index (χ0v) is 19.7. The summed E-state index contributed by atoms with van der Waals surface area (Å²) in [5, 5.41) is 1.14. The highest BCUT2D eigenvalue weighted by atomic mass is 79.9. The van der Waals surface area contributed by atoms with Gasteiger partial charge in [0.05, 0.1) is 27.1 Å². The smallest absolute Gasteiger partial charge is 0.286 e. The van der Waals surface area contributed by atoms with E-state index < -0.39 is 0 Å². The monoisotopic (exact) mass is 509 g/mol. The van der Waals surface area contributed by atoms with E-state index >= 15 is 0 Å². The summed E-state index contributed by atoms with van der Waals surface area (Å²) in [6.07, 6.45) is 3.25. The lowest BCUT2D eigenvalue weighted by Crippen LogP contribution is -2.46. The molecule has 0 bridgehead atoms. The average molecular weight is 511 g/mol. The maximum absolute atomic E-state index is 13.0. The van der Waals surface area contributed by atoms with Crippen LogP contribution in [0.1, 0.15) is 12.6 Å². The molecular weight excluding hydrogens is 489 g/mol. The fraction of sp³-hybridized carbons (Fsp3) is 0.333. The summed E-state index contributed by atoms with van der Waals surface area (Å²) >= 11 is 16.2. The number of rotatable bonds is 5. The van der Waals surface area contributed by atoms with Crippen LogP contribution in [0.5, 0.6) is 0 Å². The third-order valence-electron chi connectivity index (χ3n) is 5.38. The molecule has 1 aliphatic rings. The van der Waals surface area contributed by atoms with Gasteiger partial charge in [0.25, 0.3) is 5.56 Å². The Morgan fingerprint density at radius 3 is 2.27 bits per heavy atom. The highest BCUT2D eigenvalue weighted by Gasteiger charge is 2.25. The molecule has 0 N–H and O–H groups in total. The second-order valence-electron chi connectivity index (χ2n) is 7.14. The molecule has 9 heteroatoms. The predicted octanol–water partition coefficient (Wildman–Crippen LogP) is 4.45. The fourth-order valence-electron chi connectivity index (χ4n) is 3.92. The van der Waals surface area contributed by atoms with E-state index in [1.807, 2.05) is 35.0 Å². The van der Waals surface area contributed by atoms with Gasteiger partial charge in [-0.25, -0.2) is 4.68 Å². The van der Waals surface area contributed by atoms with Crippen LogP contribution >= 0.6 is 39.1 Å². The lowest BCUT2D eigenvalue weighted by Gasteiger charge is -2.36. The van der Waals surface area contributed by atoms with Gasteiger partial charge in [-0.2, -0.15) is 0 Å². The molecule has 0 radical (unpaired) electrons. The zero-order chi connectivity index (χ0) is 21.3. The highest BCUT2D eigenvalue weighted by molar-refractivity contribution is 9.10. The summed E-state index contributed by atoms with van der Waals surface area (Å²) in [7, 11) is 0. The largest absolute Gasteiger partial charge is 0.366 e. The lowest BCUT2D eigenvalue weighted by molar-refractivity contribution is 0.241. The molecule has 1 fully saturated rings. The Kier molecular flexibility index (Phi) is 6.53. The summed E-state index contributed by atoms with van der Waals surface area (Å²) in [6.45, 7) is 6.74. The molecule has 2 aromatic heterocycles. The van der Waals surface area contributed by atoms with Crippen LogP contribution in [0.4, 0.5) is 5.69 Å². The van der Waals surface area contributed by atoms with E-state index in [1.54, 1.807) is 17.1 Å². The molecule has 30 heavy (non-hydrogen) atoms. The Morgan fingerprint density at radius 2 is 1.67 bits per heavy atom. The molecule has 0 atom stereocenters. The van der Waals surface area contributed by atoms with E-state index in [0.29, 0.717) is 27.6 Å². The average Bonchev–Trinajstić information content (AvgIpc) is 2.99. The molecular formula is C21H22BrCl2N5O. The van der Waals surface area contributed by atoms with Crippen LogP contribution < -0.4 is 10.5 Å². The minimum absolute atomic E-state index is 0.0352. The molecule has 3 aromatic rings. The van der Waals surface area contributed by atoms with Crippen molar-refractivity contribution in [3.05, 3.63) is 73.3 Å². The van der Waals surface area contributed by atoms with Crippen LogP contribution in [0.25, 0.3) is 5.69 Å². The van der Waals surface area contributed by atoms with E-state index in [-0.39, 0.29) is 5.56 Å². The molecule has 6 nitrogen and oxygen atoms in total. The van der Waals surface area contributed by atoms with E-state index in [0.717, 1.165) is 43.2 Å². The van der Waals surface area contributed by atoms with Crippen molar-refractivity contribution < 1.29 is 0 Å². The Hall–Kier alpha value is -1.80. The van der Waals surface area contributed by atoms with Gasteiger partial charge in [0.15, 0.2) is 0 Å². The van der Waals surface area contributed by atoms with Gasteiger partial charge in [0, 0.05) is 51.7 Å². The second kappa shape index (κ2) is 9.14. The number of benzene rings is 1. The van der Waals surface area contributed by atoms with Crippen molar-refractivity contribution in [1.82, 2.24) is 19.2 Å². The maximum atomic E-state index is 13.0. The van der Waals surface area contributed by atoms with Gasteiger partial charge in [0.2, 0.25) is 0 Å². The number of hydrogen-bond donors (Lipinski definition) is 0. The van der Waals surface area contributed by atoms with Crippen molar-refractivity contribution in [3.8, 4) is 5.69 Å². The van der Waals surface area contributed by atoms with E-state index in [9.17, 15) is 4.79 Å². The predicted molar refractivity (Wildman–Crippen MR) is 125 cm³/mol. The topological polar surface area (TPSA) is 46.3 Å². The lowest BCUT2D eigenvalue weighted by atomic mass is 10.2. The molecule has 0 saturated carbocycles. The Balaban J connectivity index is 1.54. The van der Waals surface area contributed by atoms with Gasteiger partial charge in [-0.15, -0.1) is 0 Å². The minimum atomic E-state index is -0.0352. The molecule has 0 amide bonds. The third kappa shape index (κ3) is 4.04. The van der Waals surface area contributed by atoms with Crippen LogP contribution in [0.2, 0.25) is 10.0 Å². The summed E-state index contributed by atoms with van der Waals surface area (Å²) in [4.78, 5) is 21.5. The maximum Gasteiger partial charge on any atom is 0.286 e. The molecule has 158 valence electrons. The Morgan fingerprint density at radius 1 is 1.03 bits per heavy atom. The second-order valence-corrected chi connectivity index (χ2v) is 8.75. The normalized spacial score (nSPS) is 15.0. The molecule has 1 saturated heterocycles.